The molecule has 1 aromatic heterocycles. The lowest BCUT2D eigenvalue weighted by Crippen LogP contribution is -2.52. The van der Waals surface area contributed by atoms with Crippen molar-refractivity contribution in [2.45, 2.75) is 18.4 Å². The predicted molar refractivity (Wildman–Crippen MR) is 108 cm³/mol. The molecule has 0 aliphatic carbocycles. The van der Waals surface area contributed by atoms with E-state index in [9.17, 15) is 9.59 Å². The highest BCUT2D eigenvalue weighted by Crippen LogP contribution is 2.32. The highest BCUT2D eigenvalue weighted by Gasteiger charge is 2.47. The molecule has 2 aromatic rings. The number of nitrogens with two attached hydrogens (primary N) is 1. The summed E-state index contributed by atoms with van der Waals surface area (Å²) in [5, 5.41) is 6.89. The van der Waals surface area contributed by atoms with Gasteiger partial charge in [0.25, 0.3) is 12.4 Å². The molecule has 158 valence electrons. The fourth-order valence-corrected chi connectivity index (χ4v) is 3.76. The Hall–Kier alpha value is -3.69. The minimum absolute atomic E-state index is 0.0649. The van der Waals surface area contributed by atoms with Gasteiger partial charge in [0.15, 0.2) is 0 Å². The van der Waals surface area contributed by atoms with Crippen LogP contribution in [-0.2, 0) is 9.53 Å². The van der Waals surface area contributed by atoms with Gasteiger partial charge in [-0.25, -0.2) is 9.78 Å². The van der Waals surface area contributed by atoms with Crippen molar-refractivity contribution in [3.8, 4) is 11.3 Å². The van der Waals surface area contributed by atoms with Crippen molar-refractivity contribution in [3.63, 3.8) is 0 Å². The number of aromatic nitrogens is 2. The largest absolute Gasteiger partial charge is 0.483 e. The van der Waals surface area contributed by atoms with E-state index < -0.39 is 5.60 Å². The molecule has 1 aromatic carbocycles. The molecule has 2 fully saturated rings. The van der Waals surface area contributed by atoms with Crippen molar-refractivity contribution in [3.05, 3.63) is 42.2 Å². The van der Waals surface area contributed by atoms with Crippen molar-refractivity contribution in [2.24, 2.45) is 0 Å². The van der Waals surface area contributed by atoms with E-state index in [-0.39, 0.29) is 18.5 Å². The first-order valence-corrected chi connectivity index (χ1v) is 9.37. The molecule has 2 amide bonds. The second kappa shape index (κ2) is 8.76. The summed E-state index contributed by atoms with van der Waals surface area (Å²) >= 11 is 0. The minimum Gasteiger partial charge on any atom is -0.483 e. The number of nitrogens with zero attached hydrogens (tertiary/aromatic N) is 4. The molecule has 0 saturated carbocycles. The van der Waals surface area contributed by atoms with E-state index >= 15 is 0 Å². The zero-order valence-corrected chi connectivity index (χ0v) is 16.5. The highest BCUT2D eigenvalue weighted by molar-refractivity contribution is 5.95. The number of anilines is 1. The molecule has 3 heterocycles. The molecule has 1 unspecified atom stereocenters. The first-order valence-electron chi connectivity index (χ1n) is 9.37. The molecule has 3 N–H and O–H groups in total. The maximum absolute atomic E-state index is 12.9. The van der Waals surface area contributed by atoms with Gasteiger partial charge < -0.3 is 25.4 Å². The maximum Gasteiger partial charge on any atom is 0.410 e. The number of carbonyl (C=O) groups is 3. The van der Waals surface area contributed by atoms with Gasteiger partial charge in [-0.05, 0) is 25.0 Å². The van der Waals surface area contributed by atoms with Gasteiger partial charge in [0.1, 0.15) is 11.4 Å². The minimum atomic E-state index is -0.586. The third-order valence-electron chi connectivity index (χ3n) is 5.05. The zero-order chi connectivity index (χ0) is 21.7. The number of benzene rings is 1. The molecule has 0 bridgehead atoms. The summed E-state index contributed by atoms with van der Waals surface area (Å²) in [5.41, 5.74) is 7.18. The van der Waals surface area contributed by atoms with E-state index in [0.29, 0.717) is 36.7 Å². The van der Waals surface area contributed by atoms with Gasteiger partial charge in [0, 0.05) is 24.7 Å². The van der Waals surface area contributed by atoms with Crippen molar-refractivity contribution in [2.75, 3.05) is 32.4 Å². The molecule has 30 heavy (non-hydrogen) atoms. The molecular weight excluding hydrogens is 390 g/mol. The molecular formula is C20H23N5O5. The van der Waals surface area contributed by atoms with Gasteiger partial charge in [-0.2, -0.15) is 0 Å². The van der Waals surface area contributed by atoms with Crippen LogP contribution in [0.2, 0.25) is 0 Å². The van der Waals surface area contributed by atoms with Crippen molar-refractivity contribution in [1.82, 2.24) is 19.8 Å². The normalized spacial score (nSPS) is 20.4. The lowest BCUT2D eigenvalue weighted by molar-refractivity contribution is -0.122. The topological polar surface area (TPSA) is 139 Å². The fourth-order valence-electron chi connectivity index (χ4n) is 3.76. The second-order valence-corrected chi connectivity index (χ2v) is 7.25. The lowest BCUT2D eigenvalue weighted by atomic mass is 9.92. The van der Waals surface area contributed by atoms with Crippen LogP contribution >= 0.6 is 0 Å². The van der Waals surface area contributed by atoms with Crippen LogP contribution in [0.25, 0.3) is 11.3 Å². The van der Waals surface area contributed by atoms with E-state index in [1.165, 1.54) is 6.20 Å². The third-order valence-corrected chi connectivity index (χ3v) is 5.05. The van der Waals surface area contributed by atoms with Gasteiger partial charge in [0.05, 0.1) is 31.2 Å². The molecule has 2 saturated heterocycles. The molecule has 0 radical (unpaired) electrons. The van der Waals surface area contributed by atoms with Crippen LogP contribution in [0.3, 0.4) is 0 Å². The first-order chi connectivity index (χ1) is 14.4. The smallest absolute Gasteiger partial charge is 0.410 e. The molecule has 10 heteroatoms. The van der Waals surface area contributed by atoms with E-state index in [1.54, 1.807) is 35.2 Å². The average Bonchev–Trinajstić information content (AvgIpc) is 3.00. The molecule has 4 rings (SSSR count). The number of likely N-dealkylation sites (N-methyl/N-ethyl adjacent to an activating group) is 1. The highest BCUT2D eigenvalue weighted by atomic mass is 16.6. The number of likely N-dealkylation sites (tertiary alicyclic amines) is 1. The quantitative estimate of drug-likeness (QED) is 0.706. The van der Waals surface area contributed by atoms with E-state index in [0.717, 1.165) is 18.4 Å². The molecule has 2 aliphatic rings. The second-order valence-electron chi connectivity index (χ2n) is 7.25. The first kappa shape index (κ1) is 21.0. The monoisotopic (exact) mass is 413 g/mol. The number of piperidine rings is 1. The van der Waals surface area contributed by atoms with Gasteiger partial charge in [-0.1, -0.05) is 12.1 Å². The van der Waals surface area contributed by atoms with Gasteiger partial charge in [-0.3, -0.25) is 14.6 Å². The Labute approximate surface area is 173 Å². The van der Waals surface area contributed by atoms with Gasteiger partial charge in [0.2, 0.25) is 0 Å². The number of amides is 2. The Kier molecular flexibility index (Phi) is 6.14. The number of rotatable bonds is 2. The van der Waals surface area contributed by atoms with Crippen molar-refractivity contribution < 1.29 is 24.2 Å². The van der Waals surface area contributed by atoms with Crippen LogP contribution in [0.15, 0.2) is 36.7 Å². The van der Waals surface area contributed by atoms with Crippen molar-refractivity contribution >= 4 is 24.3 Å². The van der Waals surface area contributed by atoms with Crippen LogP contribution in [0, 0.1) is 0 Å². The van der Waals surface area contributed by atoms with Gasteiger partial charge in [-0.15, -0.1) is 0 Å². The number of hydrogen-bond donors (Lipinski definition) is 2. The standard InChI is InChI=1S/C19H21N5O3.CH2O2/c1-23-11-19(27-18(23)26)7-2-8-24(12-19)17(25)14-5-3-13(4-6-14)15-9-21-10-16(20)22-15;2-1-3/h3-6,9-10H,2,7-8,11-12H2,1H3,(H2,20,22);1H,(H,2,3). The summed E-state index contributed by atoms with van der Waals surface area (Å²) < 4.78 is 5.57. The number of hydrogen-bond acceptors (Lipinski definition) is 7. The lowest BCUT2D eigenvalue weighted by Gasteiger charge is -2.38. The Morgan fingerprint density at radius 3 is 2.57 bits per heavy atom. The van der Waals surface area contributed by atoms with Crippen LogP contribution in [0.4, 0.5) is 10.6 Å². The van der Waals surface area contributed by atoms with E-state index in [1.807, 2.05) is 12.1 Å². The Morgan fingerprint density at radius 2 is 1.97 bits per heavy atom. The fraction of sp³-hybridized carbons (Fsp3) is 0.350. The molecule has 10 nitrogen and oxygen atoms in total. The summed E-state index contributed by atoms with van der Waals surface area (Å²) in [6, 6.07) is 7.22. The summed E-state index contributed by atoms with van der Waals surface area (Å²) in [5.74, 6) is 0.284. The van der Waals surface area contributed by atoms with Crippen molar-refractivity contribution in [1.29, 1.82) is 0 Å². The molecule has 1 atom stereocenters. The van der Waals surface area contributed by atoms with Crippen LogP contribution in [-0.4, -0.2) is 75.6 Å². The summed E-state index contributed by atoms with van der Waals surface area (Å²) in [7, 11) is 1.72. The van der Waals surface area contributed by atoms with E-state index in [2.05, 4.69) is 9.97 Å². The van der Waals surface area contributed by atoms with E-state index in [4.69, 9.17) is 20.4 Å². The zero-order valence-electron chi connectivity index (χ0n) is 16.5. The number of ether oxygens (including phenoxy) is 1. The number of carboxylic acid groups (broad SMARTS) is 1. The summed E-state index contributed by atoms with van der Waals surface area (Å²) in [6.07, 6.45) is 4.38. The Morgan fingerprint density at radius 1 is 1.27 bits per heavy atom. The predicted octanol–water partition coefficient (Wildman–Crippen LogP) is 1.48. The molecule has 1 spiro atoms. The Bertz CT molecular complexity index is 935. The summed E-state index contributed by atoms with van der Waals surface area (Å²) in [6.45, 7) is 1.34. The SMILES string of the molecule is CN1CC2(CCCN(C(=O)c3ccc(-c4cncc(N)n4)cc3)C2)OC1=O.O=CO. The number of carbonyl (C=O) groups excluding carboxylic acids is 2. The average molecular weight is 413 g/mol. The maximum atomic E-state index is 12.9. The molecule has 2 aliphatic heterocycles. The van der Waals surface area contributed by atoms with Gasteiger partial charge >= 0.3 is 6.09 Å². The number of nitrogen functional groups attached to an aromatic ring is 1. The Balaban J connectivity index is 0.000000806. The summed E-state index contributed by atoms with van der Waals surface area (Å²) in [4.78, 5) is 44.7. The van der Waals surface area contributed by atoms with Crippen LogP contribution < -0.4 is 5.73 Å². The third kappa shape index (κ3) is 4.48. The van der Waals surface area contributed by atoms with Crippen LogP contribution in [0.1, 0.15) is 23.2 Å². The van der Waals surface area contributed by atoms with Crippen LogP contribution in [0.5, 0.6) is 0 Å².